The van der Waals surface area contributed by atoms with Crippen molar-refractivity contribution >= 4 is 17.7 Å². The fourth-order valence-corrected chi connectivity index (χ4v) is 2.43. The Kier molecular flexibility index (Phi) is 4.19. The molecule has 104 valence electrons. The Hall–Kier alpha value is -1.85. The molecule has 0 amide bonds. The van der Waals surface area contributed by atoms with Crippen molar-refractivity contribution in [2.45, 2.75) is 31.7 Å². The van der Waals surface area contributed by atoms with E-state index in [1.165, 1.54) is 0 Å². The predicted molar refractivity (Wildman–Crippen MR) is 73.6 cm³/mol. The average molecular weight is 264 g/mol. The highest BCUT2D eigenvalue weighted by Gasteiger charge is 2.26. The second-order valence-corrected chi connectivity index (χ2v) is 5.05. The number of nitrogens with zero attached hydrogens (tertiary/aromatic N) is 4. The molecule has 0 spiro atoms. The fraction of sp³-hybridized carbons (Fsp3) is 0.615. The van der Waals surface area contributed by atoms with Crippen LogP contribution in [-0.2, 0) is 4.79 Å². The Morgan fingerprint density at radius 1 is 1.53 bits per heavy atom. The molecular formula is C13H20N4O2. The summed E-state index contributed by atoms with van der Waals surface area (Å²) >= 11 is 0. The molecule has 1 saturated heterocycles. The number of hydrogen-bond acceptors (Lipinski definition) is 5. The van der Waals surface area contributed by atoms with Crippen LogP contribution >= 0.6 is 0 Å². The minimum Gasteiger partial charge on any atom is -0.481 e. The van der Waals surface area contributed by atoms with Crippen LogP contribution in [0.4, 0.5) is 11.8 Å². The van der Waals surface area contributed by atoms with Gasteiger partial charge in [0, 0.05) is 32.9 Å². The largest absolute Gasteiger partial charge is 0.481 e. The van der Waals surface area contributed by atoms with Crippen LogP contribution in [0.3, 0.4) is 0 Å². The van der Waals surface area contributed by atoms with Gasteiger partial charge in [0.1, 0.15) is 5.82 Å². The summed E-state index contributed by atoms with van der Waals surface area (Å²) in [6.45, 7) is 0.863. The predicted octanol–water partition coefficient (Wildman–Crippen LogP) is 1.38. The standard InChI is InChI=1S/C13H20N4O2/c1-16(2)13-14-7-6-11(15-13)17-8-4-3-5-10(17)9-12(18)19/h6-7,10H,3-5,8-9H2,1-2H3,(H,18,19). The Labute approximate surface area is 113 Å². The second-order valence-electron chi connectivity index (χ2n) is 5.05. The number of hydrogen-bond donors (Lipinski definition) is 1. The summed E-state index contributed by atoms with van der Waals surface area (Å²) < 4.78 is 0. The van der Waals surface area contributed by atoms with Crippen LogP contribution in [0.15, 0.2) is 12.3 Å². The molecule has 1 aromatic rings. The van der Waals surface area contributed by atoms with Gasteiger partial charge < -0.3 is 14.9 Å². The number of carboxylic acid groups (broad SMARTS) is 1. The van der Waals surface area contributed by atoms with Gasteiger partial charge in [-0.1, -0.05) is 0 Å². The molecule has 0 radical (unpaired) electrons. The molecule has 0 saturated carbocycles. The number of anilines is 2. The molecule has 0 aromatic carbocycles. The summed E-state index contributed by atoms with van der Waals surface area (Å²) in [7, 11) is 3.79. The maximum Gasteiger partial charge on any atom is 0.305 e. The molecule has 19 heavy (non-hydrogen) atoms. The van der Waals surface area contributed by atoms with Crippen molar-refractivity contribution in [1.82, 2.24) is 9.97 Å². The van der Waals surface area contributed by atoms with Crippen LogP contribution < -0.4 is 9.80 Å². The molecule has 2 heterocycles. The SMILES string of the molecule is CN(C)c1nccc(N2CCCCC2CC(=O)O)n1. The van der Waals surface area contributed by atoms with Gasteiger partial charge in [-0.2, -0.15) is 4.98 Å². The van der Waals surface area contributed by atoms with Crippen molar-refractivity contribution in [3.8, 4) is 0 Å². The zero-order valence-electron chi connectivity index (χ0n) is 11.4. The average Bonchev–Trinajstić information content (AvgIpc) is 2.39. The van der Waals surface area contributed by atoms with Crippen LogP contribution in [0.1, 0.15) is 25.7 Å². The lowest BCUT2D eigenvalue weighted by molar-refractivity contribution is -0.137. The van der Waals surface area contributed by atoms with E-state index < -0.39 is 5.97 Å². The highest BCUT2D eigenvalue weighted by molar-refractivity contribution is 5.68. The zero-order chi connectivity index (χ0) is 13.8. The maximum atomic E-state index is 11.0. The third-order valence-corrected chi connectivity index (χ3v) is 3.36. The van der Waals surface area contributed by atoms with Gasteiger partial charge in [-0.25, -0.2) is 4.98 Å². The maximum absolute atomic E-state index is 11.0. The van der Waals surface area contributed by atoms with E-state index in [-0.39, 0.29) is 12.5 Å². The third kappa shape index (κ3) is 3.33. The highest BCUT2D eigenvalue weighted by Crippen LogP contribution is 2.25. The molecule has 0 aliphatic carbocycles. The zero-order valence-corrected chi connectivity index (χ0v) is 11.4. The van der Waals surface area contributed by atoms with Crippen LogP contribution in [0, 0.1) is 0 Å². The lowest BCUT2D eigenvalue weighted by atomic mass is 9.99. The van der Waals surface area contributed by atoms with Crippen LogP contribution in [-0.4, -0.2) is 47.7 Å². The van der Waals surface area contributed by atoms with E-state index >= 15 is 0 Å². The van der Waals surface area contributed by atoms with E-state index in [4.69, 9.17) is 5.11 Å². The minimum atomic E-state index is -0.751. The van der Waals surface area contributed by atoms with Gasteiger partial charge in [0.25, 0.3) is 0 Å². The number of aromatic nitrogens is 2. The first-order valence-corrected chi connectivity index (χ1v) is 6.56. The van der Waals surface area contributed by atoms with Gasteiger partial charge >= 0.3 is 5.97 Å². The van der Waals surface area contributed by atoms with Gasteiger partial charge in [0.15, 0.2) is 0 Å². The molecular weight excluding hydrogens is 244 g/mol. The van der Waals surface area contributed by atoms with Gasteiger partial charge in [-0.15, -0.1) is 0 Å². The summed E-state index contributed by atoms with van der Waals surface area (Å²) in [6, 6.07) is 1.89. The molecule has 1 N–H and O–H groups in total. The van der Waals surface area contributed by atoms with Gasteiger partial charge in [0.05, 0.1) is 6.42 Å². The van der Waals surface area contributed by atoms with E-state index in [2.05, 4.69) is 14.9 Å². The summed E-state index contributed by atoms with van der Waals surface area (Å²) in [4.78, 5) is 23.6. The molecule has 2 rings (SSSR count). The smallest absolute Gasteiger partial charge is 0.305 e. The molecule has 1 atom stereocenters. The summed E-state index contributed by atoms with van der Waals surface area (Å²) in [5.41, 5.74) is 0. The Morgan fingerprint density at radius 2 is 2.32 bits per heavy atom. The summed E-state index contributed by atoms with van der Waals surface area (Å²) in [6.07, 6.45) is 4.97. The summed E-state index contributed by atoms with van der Waals surface area (Å²) in [5, 5.41) is 9.01. The molecule has 1 aliphatic rings. The fourth-order valence-electron chi connectivity index (χ4n) is 2.43. The van der Waals surface area contributed by atoms with Gasteiger partial charge in [-0.05, 0) is 25.3 Å². The number of piperidine rings is 1. The number of aliphatic carboxylic acids is 1. The van der Waals surface area contributed by atoms with E-state index in [9.17, 15) is 4.79 Å². The Bertz CT molecular complexity index is 450. The first-order chi connectivity index (χ1) is 9.08. The molecule has 6 heteroatoms. The van der Waals surface area contributed by atoms with Crippen LogP contribution in [0.25, 0.3) is 0 Å². The lowest BCUT2D eigenvalue weighted by Crippen LogP contribution is -2.41. The van der Waals surface area contributed by atoms with Crippen LogP contribution in [0.2, 0.25) is 0 Å². The van der Waals surface area contributed by atoms with Gasteiger partial charge in [-0.3, -0.25) is 4.79 Å². The molecule has 6 nitrogen and oxygen atoms in total. The first-order valence-electron chi connectivity index (χ1n) is 6.56. The quantitative estimate of drug-likeness (QED) is 0.886. The molecule has 1 fully saturated rings. The van der Waals surface area contributed by atoms with Crippen molar-refractivity contribution in [3.05, 3.63) is 12.3 Å². The van der Waals surface area contributed by atoms with Crippen molar-refractivity contribution in [2.24, 2.45) is 0 Å². The summed E-state index contributed by atoms with van der Waals surface area (Å²) in [5.74, 6) is 0.723. The number of carbonyl (C=O) groups is 1. The second kappa shape index (κ2) is 5.86. The highest BCUT2D eigenvalue weighted by atomic mass is 16.4. The normalized spacial score (nSPS) is 19.3. The van der Waals surface area contributed by atoms with Crippen molar-refractivity contribution in [3.63, 3.8) is 0 Å². The molecule has 1 unspecified atom stereocenters. The molecule has 1 aliphatic heterocycles. The van der Waals surface area contributed by atoms with E-state index in [0.29, 0.717) is 5.95 Å². The Morgan fingerprint density at radius 3 is 3.00 bits per heavy atom. The lowest BCUT2D eigenvalue weighted by Gasteiger charge is -2.36. The van der Waals surface area contributed by atoms with E-state index in [1.54, 1.807) is 6.20 Å². The van der Waals surface area contributed by atoms with Crippen molar-refractivity contribution in [2.75, 3.05) is 30.4 Å². The molecule has 0 bridgehead atoms. The van der Waals surface area contributed by atoms with Crippen molar-refractivity contribution in [1.29, 1.82) is 0 Å². The van der Waals surface area contributed by atoms with E-state index in [1.807, 2.05) is 25.1 Å². The first kappa shape index (κ1) is 13.6. The number of carboxylic acids is 1. The van der Waals surface area contributed by atoms with Gasteiger partial charge in [0.2, 0.25) is 5.95 Å². The number of rotatable bonds is 4. The van der Waals surface area contributed by atoms with E-state index in [0.717, 1.165) is 31.6 Å². The topological polar surface area (TPSA) is 69.6 Å². The third-order valence-electron chi connectivity index (χ3n) is 3.36. The van der Waals surface area contributed by atoms with Crippen molar-refractivity contribution < 1.29 is 9.90 Å². The monoisotopic (exact) mass is 264 g/mol. The van der Waals surface area contributed by atoms with Crippen LogP contribution in [0.5, 0.6) is 0 Å². The Balaban J connectivity index is 2.21. The minimum absolute atomic E-state index is 0.0381. The molecule has 1 aromatic heterocycles.